The van der Waals surface area contributed by atoms with Crippen molar-refractivity contribution in [1.82, 2.24) is 9.97 Å². The Balaban J connectivity index is 1.72. The molecule has 4 nitrogen and oxygen atoms in total. The van der Waals surface area contributed by atoms with Gasteiger partial charge in [-0.1, -0.05) is 59.1 Å². The molecule has 1 aromatic heterocycles. The second-order valence-electron chi connectivity index (χ2n) is 6.50. The van der Waals surface area contributed by atoms with E-state index in [4.69, 9.17) is 39.5 Å². The number of ether oxygens (including phenoxy) is 1. The van der Waals surface area contributed by atoms with Crippen LogP contribution in [0.3, 0.4) is 0 Å². The summed E-state index contributed by atoms with van der Waals surface area (Å²) in [5, 5.41) is 11.1. The molecule has 0 fully saturated rings. The molecule has 0 atom stereocenters. The normalized spacial score (nSPS) is 11.5. The smallest absolute Gasteiger partial charge is 0.149 e. The van der Waals surface area contributed by atoms with Crippen molar-refractivity contribution in [3.63, 3.8) is 0 Å². The molecule has 0 unspecified atom stereocenters. The summed E-state index contributed by atoms with van der Waals surface area (Å²) in [6.45, 7) is 0.259. The van der Waals surface area contributed by atoms with E-state index < -0.39 is 0 Å². The fourth-order valence-electron chi connectivity index (χ4n) is 3.01. The van der Waals surface area contributed by atoms with Crippen molar-refractivity contribution in [3.05, 3.63) is 92.7 Å². The van der Waals surface area contributed by atoms with Crippen LogP contribution in [0.1, 0.15) is 17.0 Å². The molecule has 0 spiro atoms. The van der Waals surface area contributed by atoms with Crippen LogP contribution in [0.15, 0.2) is 60.7 Å². The molecule has 0 aliphatic carbocycles. The molecule has 0 radical (unpaired) electrons. The fraction of sp³-hybridized carbons (Fsp3) is 0.0435. The topological polar surface area (TPSA) is 61.7 Å². The van der Waals surface area contributed by atoms with E-state index in [-0.39, 0.29) is 6.61 Å². The fourth-order valence-corrected chi connectivity index (χ4v) is 3.79. The van der Waals surface area contributed by atoms with E-state index in [0.29, 0.717) is 37.8 Å². The van der Waals surface area contributed by atoms with Gasteiger partial charge >= 0.3 is 0 Å². The van der Waals surface area contributed by atoms with Crippen molar-refractivity contribution >= 4 is 57.5 Å². The number of nitrogens with one attached hydrogen (secondary N) is 1. The molecule has 0 saturated carbocycles. The Bertz CT molecular complexity index is 1270. The van der Waals surface area contributed by atoms with E-state index in [2.05, 4.69) is 16.0 Å². The van der Waals surface area contributed by atoms with Crippen molar-refractivity contribution in [2.24, 2.45) is 0 Å². The number of fused-ring (bicyclic) bond motifs is 1. The van der Waals surface area contributed by atoms with Crippen LogP contribution >= 0.6 is 34.8 Å². The van der Waals surface area contributed by atoms with Gasteiger partial charge in [0.25, 0.3) is 0 Å². The van der Waals surface area contributed by atoms with E-state index >= 15 is 0 Å². The van der Waals surface area contributed by atoms with Crippen molar-refractivity contribution in [2.45, 2.75) is 6.61 Å². The Morgan fingerprint density at radius 1 is 1.03 bits per heavy atom. The molecule has 7 heteroatoms. The zero-order chi connectivity index (χ0) is 21.1. The third kappa shape index (κ3) is 4.44. The lowest BCUT2D eigenvalue weighted by atomic mass is 10.1. The summed E-state index contributed by atoms with van der Waals surface area (Å²) in [4.78, 5) is 7.65. The largest absolute Gasteiger partial charge is 0.487 e. The summed E-state index contributed by atoms with van der Waals surface area (Å²) in [5.74, 6) is 0.875. The zero-order valence-corrected chi connectivity index (χ0v) is 17.8. The molecule has 3 aromatic carbocycles. The Morgan fingerprint density at radius 2 is 1.87 bits per heavy atom. The standard InChI is InChI=1S/C23H14Cl3N3O/c24-17-5-3-4-14(8-17)13-30-22-15(10-18(25)11-19(22)26)9-16(12-27)23-28-20-6-1-2-7-21(20)29-23/h1-11H,13H2,(H,28,29)/b16-9+. The zero-order valence-electron chi connectivity index (χ0n) is 15.5. The maximum absolute atomic E-state index is 9.73. The number of benzene rings is 3. The lowest BCUT2D eigenvalue weighted by Gasteiger charge is -2.12. The highest BCUT2D eigenvalue weighted by Crippen LogP contribution is 2.35. The molecule has 0 amide bonds. The van der Waals surface area contributed by atoms with Gasteiger partial charge in [0.1, 0.15) is 24.3 Å². The third-order valence-electron chi connectivity index (χ3n) is 4.37. The van der Waals surface area contributed by atoms with Gasteiger partial charge in [0.2, 0.25) is 0 Å². The number of aromatic nitrogens is 2. The van der Waals surface area contributed by atoms with Gasteiger partial charge in [-0.3, -0.25) is 0 Å². The number of hydrogen-bond acceptors (Lipinski definition) is 3. The lowest BCUT2D eigenvalue weighted by Crippen LogP contribution is -1.98. The van der Waals surface area contributed by atoms with Crippen molar-refractivity contribution in [3.8, 4) is 11.8 Å². The average Bonchev–Trinajstić information content (AvgIpc) is 3.15. The predicted octanol–water partition coefficient (Wildman–Crippen LogP) is 7.17. The first kappa shape index (κ1) is 20.3. The first-order valence-corrected chi connectivity index (χ1v) is 10.1. The number of nitrogens with zero attached hydrogens (tertiary/aromatic N) is 2. The van der Waals surface area contributed by atoms with Crippen LogP contribution in [0.5, 0.6) is 5.75 Å². The average molecular weight is 455 g/mol. The summed E-state index contributed by atoms with van der Waals surface area (Å²) in [6, 6.07) is 20.4. The SMILES string of the molecule is N#C/C(=C\c1cc(Cl)cc(Cl)c1OCc1cccc(Cl)c1)c1nc2ccccc2[nH]1. The number of imidazole rings is 1. The Kier molecular flexibility index (Phi) is 5.96. The molecule has 0 aliphatic heterocycles. The summed E-state index contributed by atoms with van der Waals surface area (Å²) in [6.07, 6.45) is 1.66. The maximum atomic E-state index is 9.73. The second-order valence-corrected chi connectivity index (χ2v) is 7.78. The van der Waals surface area contributed by atoms with Crippen LogP contribution in [0.25, 0.3) is 22.7 Å². The lowest BCUT2D eigenvalue weighted by molar-refractivity contribution is 0.306. The third-order valence-corrected chi connectivity index (χ3v) is 5.11. The maximum Gasteiger partial charge on any atom is 0.149 e. The monoisotopic (exact) mass is 453 g/mol. The van der Waals surface area contributed by atoms with Gasteiger partial charge in [-0.25, -0.2) is 4.98 Å². The van der Waals surface area contributed by atoms with Crippen molar-refractivity contribution < 1.29 is 4.74 Å². The van der Waals surface area contributed by atoms with Gasteiger partial charge in [0.15, 0.2) is 0 Å². The van der Waals surface area contributed by atoms with E-state index in [1.54, 1.807) is 24.3 Å². The number of H-pyrrole nitrogens is 1. The quantitative estimate of drug-likeness (QED) is 0.325. The number of hydrogen-bond donors (Lipinski definition) is 1. The first-order chi connectivity index (χ1) is 14.5. The number of para-hydroxylation sites is 2. The van der Waals surface area contributed by atoms with Gasteiger partial charge < -0.3 is 9.72 Å². The Morgan fingerprint density at radius 3 is 2.63 bits per heavy atom. The van der Waals surface area contributed by atoms with Crippen LogP contribution < -0.4 is 4.74 Å². The van der Waals surface area contributed by atoms with Gasteiger partial charge in [-0.05, 0) is 48.0 Å². The van der Waals surface area contributed by atoms with Crippen molar-refractivity contribution in [1.29, 1.82) is 5.26 Å². The minimum atomic E-state index is 0.259. The molecule has 1 N–H and O–H groups in total. The number of aromatic amines is 1. The van der Waals surface area contributed by atoms with Gasteiger partial charge in [-0.15, -0.1) is 0 Å². The number of allylic oxidation sites excluding steroid dienone is 1. The number of nitriles is 1. The molecule has 0 bridgehead atoms. The minimum Gasteiger partial charge on any atom is -0.487 e. The minimum absolute atomic E-state index is 0.259. The van der Waals surface area contributed by atoms with Crippen LogP contribution in [-0.4, -0.2) is 9.97 Å². The van der Waals surface area contributed by atoms with Crippen LogP contribution in [0.4, 0.5) is 0 Å². The van der Waals surface area contributed by atoms with Crippen molar-refractivity contribution in [2.75, 3.05) is 0 Å². The Hall–Kier alpha value is -2.97. The number of rotatable bonds is 5. The molecule has 148 valence electrons. The van der Waals surface area contributed by atoms with Gasteiger partial charge in [0.05, 0.1) is 21.6 Å². The van der Waals surface area contributed by atoms with Crippen LogP contribution in [-0.2, 0) is 6.61 Å². The highest BCUT2D eigenvalue weighted by molar-refractivity contribution is 6.36. The van der Waals surface area contributed by atoms with E-state index in [1.165, 1.54) is 0 Å². The molecule has 1 heterocycles. The summed E-state index contributed by atoms with van der Waals surface area (Å²) in [7, 11) is 0. The van der Waals surface area contributed by atoms with Gasteiger partial charge in [-0.2, -0.15) is 5.26 Å². The van der Waals surface area contributed by atoms with E-state index in [0.717, 1.165) is 16.6 Å². The highest BCUT2D eigenvalue weighted by Gasteiger charge is 2.14. The number of halogens is 3. The molecule has 0 saturated heterocycles. The molecular weight excluding hydrogens is 441 g/mol. The molecule has 4 rings (SSSR count). The molecule has 4 aromatic rings. The first-order valence-electron chi connectivity index (χ1n) is 8.96. The second kappa shape index (κ2) is 8.81. The van der Waals surface area contributed by atoms with Gasteiger partial charge in [0, 0.05) is 15.6 Å². The summed E-state index contributed by atoms with van der Waals surface area (Å²) in [5.41, 5.74) is 3.41. The predicted molar refractivity (Wildman–Crippen MR) is 122 cm³/mol. The summed E-state index contributed by atoms with van der Waals surface area (Å²) < 4.78 is 5.97. The van der Waals surface area contributed by atoms with E-state index in [1.807, 2.05) is 42.5 Å². The molecule has 0 aliphatic rings. The molecule has 30 heavy (non-hydrogen) atoms. The van der Waals surface area contributed by atoms with E-state index in [9.17, 15) is 5.26 Å². The Labute approximate surface area is 188 Å². The van der Waals surface area contributed by atoms with Crippen LogP contribution in [0, 0.1) is 11.3 Å². The van der Waals surface area contributed by atoms with Crippen LogP contribution in [0.2, 0.25) is 15.1 Å². The summed E-state index contributed by atoms with van der Waals surface area (Å²) >= 11 is 18.6. The highest BCUT2D eigenvalue weighted by atomic mass is 35.5. The molecular formula is C23H14Cl3N3O.